The van der Waals surface area contributed by atoms with Crippen molar-refractivity contribution in [1.29, 1.82) is 0 Å². The predicted molar refractivity (Wildman–Crippen MR) is 138 cm³/mol. The second-order valence-electron chi connectivity index (χ2n) is 8.50. The molecule has 0 heterocycles. The van der Waals surface area contributed by atoms with Crippen LogP contribution in [0.25, 0.3) is 0 Å². The van der Waals surface area contributed by atoms with Crippen LogP contribution in [0.1, 0.15) is 26.3 Å². The summed E-state index contributed by atoms with van der Waals surface area (Å²) in [5.41, 5.74) is 1.14. The standard InChI is InChI=1S/C24H31Cl2N3O4S/c1-17(2)15-27-24(31)18(3)28(13-12-19-8-6-5-7-9-19)23(30)16-29(34(4,32)33)22-11-10-20(25)14-21(22)26/h5-11,14,17-18H,12-13,15-16H2,1-4H3,(H,27,31). The number of hydrogen-bond acceptors (Lipinski definition) is 4. The molecular weight excluding hydrogens is 497 g/mol. The number of amides is 2. The Morgan fingerprint density at radius 2 is 1.68 bits per heavy atom. The summed E-state index contributed by atoms with van der Waals surface area (Å²) in [7, 11) is -3.86. The third kappa shape index (κ3) is 8.18. The molecule has 10 heteroatoms. The molecule has 2 aromatic carbocycles. The summed E-state index contributed by atoms with van der Waals surface area (Å²) in [6, 6.07) is 13.1. The quantitative estimate of drug-likeness (QED) is 0.478. The summed E-state index contributed by atoms with van der Waals surface area (Å²) in [6.45, 7) is 5.80. The molecule has 0 saturated heterocycles. The fraction of sp³-hybridized carbons (Fsp3) is 0.417. The maximum absolute atomic E-state index is 13.4. The molecule has 0 aliphatic carbocycles. The minimum absolute atomic E-state index is 0.101. The van der Waals surface area contributed by atoms with Crippen LogP contribution in [0.3, 0.4) is 0 Å². The van der Waals surface area contributed by atoms with Crippen LogP contribution in [-0.2, 0) is 26.0 Å². The van der Waals surface area contributed by atoms with Gasteiger partial charge in [0, 0.05) is 18.1 Å². The van der Waals surface area contributed by atoms with Gasteiger partial charge in [-0.3, -0.25) is 13.9 Å². The van der Waals surface area contributed by atoms with E-state index in [0.29, 0.717) is 18.0 Å². The number of sulfonamides is 1. The van der Waals surface area contributed by atoms with Crippen molar-refractivity contribution in [2.24, 2.45) is 5.92 Å². The molecule has 0 bridgehead atoms. The monoisotopic (exact) mass is 527 g/mol. The highest BCUT2D eigenvalue weighted by atomic mass is 35.5. The Bertz CT molecular complexity index is 1090. The summed E-state index contributed by atoms with van der Waals surface area (Å²) in [6.07, 6.45) is 1.51. The van der Waals surface area contributed by atoms with E-state index in [4.69, 9.17) is 23.2 Å². The molecule has 0 fully saturated rings. The van der Waals surface area contributed by atoms with Crippen molar-refractivity contribution in [1.82, 2.24) is 10.2 Å². The fourth-order valence-corrected chi connectivity index (χ4v) is 4.72. The molecule has 34 heavy (non-hydrogen) atoms. The van der Waals surface area contributed by atoms with Gasteiger partial charge >= 0.3 is 0 Å². The molecule has 2 aromatic rings. The van der Waals surface area contributed by atoms with Crippen molar-refractivity contribution in [3.8, 4) is 0 Å². The predicted octanol–water partition coefficient (Wildman–Crippen LogP) is 3.99. The van der Waals surface area contributed by atoms with Crippen LogP contribution < -0.4 is 9.62 Å². The molecule has 0 radical (unpaired) electrons. The number of hydrogen-bond donors (Lipinski definition) is 1. The molecular formula is C24H31Cl2N3O4S. The third-order valence-corrected chi connectivity index (χ3v) is 6.86. The Labute approximate surface area is 212 Å². The van der Waals surface area contributed by atoms with E-state index in [-0.39, 0.29) is 29.1 Å². The Morgan fingerprint density at radius 1 is 1.03 bits per heavy atom. The average Bonchev–Trinajstić information content (AvgIpc) is 2.76. The molecule has 1 atom stereocenters. The fourth-order valence-electron chi connectivity index (χ4n) is 3.30. The SMILES string of the molecule is CC(C)CNC(=O)C(C)N(CCc1ccccc1)C(=O)CN(c1ccc(Cl)cc1Cl)S(C)(=O)=O. The topological polar surface area (TPSA) is 86.8 Å². The van der Waals surface area contributed by atoms with Crippen LogP contribution in [0.2, 0.25) is 10.0 Å². The Balaban J connectivity index is 2.32. The molecule has 1 unspecified atom stereocenters. The molecule has 2 amide bonds. The van der Waals surface area contributed by atoms with E-state index in [2.05, 4.69) is 5.32 Å². The Hall–Kier alpha value is -2.29. The molecule has 0 aliphatic rings. The van der Waals surface area contributed by atoms with Crippen molar-refractivity contribution in [3.63, 3.8) is 0 Å². The zero-order valence-corrected chi connectivity index (χ0v) is 22.1. The van der Waals surface area contributed by atoms with Crippen molar-refractivity contribution in [2.75, 3.05) is 30.2 Å². The van der Waals surface area contributed by atoms with Gasteiger partial charge in [0.25, 0.3) is 0 Å². The largest absolute Gasteiger partial charge is 0.354 e. The number of rotatable bonds is 11. The van der Waals surface area contributed by atoms with Crippen LogP contribution >= 0.6 is 23.2 Å². The molecule has 0 saturated carbocycles. The first kappa shape index (κ1) is 28.0. The number of carbonyl (C=O) groups excluding carboxylic acids is 2. The lowest BCUT2D eigenvalue weighted by Crippen LogP contribution is -2.52. The summed E-state index contributed by atoms with van der Waals surface area (Å²) in [5.74, 6) is -0.567. The highest BCUT2D eigenvalue weighted by molar-refractivity contribution is 7.92. The third-order valence-electron chi connectivity index (χ3n) is 5.19. The van der Waals surface area contributed by atoms with Gasteiger partial charge in [-0.25, -0.2) is 8.42 Å². The van der Waals surface area contributed by atoms with Crippen molar-refractivity contribution in [3.05, 3.63) is 64.1 Å². The highest BCUT2D eigenvalue weighted by Gasteiger charge is 2.30. The van der Waals surface area contributed by atoms with E-state index in [1.807, 2.05) is 44.2 Å². The molecule has 7 nitrogen and oxygen atoms in total. The summed E-state index contributed by atoms with van der Waals surface area (Å²) >= 11 is 12.2. The molecule has 186 valence electrons. The second kappa shape index (κ2) is 12.4. The van der Waals surface area contributed by atoms with Gasteiger partial charge in [0.2, 0.25) is 21.8 Å². The smallest absolute Gasteiger partial charge is 0.244 e. The van der Waals surface area contributed by atoms with E-state index in [1.165, 1.54) is 23.1 Å². The van der Waals surface area contributed by atoms with Gasteiger partial charge < -0.3 is 10.2 Å². The van der Waals surface area contributed by atoms with Crippen LogP contribution in [0.5, 0.6) is 0 Å². The number of anilines is 1. The lowest BCUT2D eigenvalue weighted by atomic mass is 10.1. The normalized spacial score (nSPS) is 12.3. The minimum atomic E-state index is -3.86. The van der Waals surface area contributed by atoms with Gasteiger partial charge in [0.15, 0.2) is 0 Å². The number of nitrogens with zero attached hydrogens (tertiary/aromatic N) is 2. The van der Waals surface area contributed by atoms with Gasteiger partial charge in [-0.1, -0.05) is 67.4 Å². The second-order valence-corrected chi connectivity index (χ2v) is 11.3. The summed E-state index contributed by atoms with van der Waals surface area (Å²) in [4.78, 5) is 27.6. The molecule has 0 spiro atoms. The first-order valence-electron chi connectivity index (χ1n) is 10.9. The molecule has 1 N–H and O–H groups in total. The van der Waals surface area contributed by atoms with E-state index in [9.17, 15) is 18.0 Å². The molecule has 0 aromatic heterocycles. The van der Waals surface area contributed by atoms with Gasteiger partial charge in [-0.15, -0.1) is 0 Å². The van der Waals surface area contributed by atoms with Crippen molar-refractivity contribution in [2.45, 2.75) is 33.2 Å². The lowest BCUT2D eigenvalue weighted by molar-refractivity contribution is -0.138. The maximum atomic E-state index is 13.4. The average molecular weight is 529 g/mol. The van der Waals surface area contributed by atoms with E-state index >= 15 is 0 Å². The van der Waals surface area contributed by atoms with Gasteiger partial charge in [-0.05, 0) is 43.0 Å². The molecule has 0 aliphatic heterocycles. The van der Waals surface area contributed by atoms with Crippen LogP contribution in [0.4, 0.5) is 5.69 Å². The Kier molecular flexibility index (Phi) is 10.2. The zero-order valence-electron chi connectivity index (χ0n) is 19.8. The zero-order chi connectivity index (χ0) is 25.5. The van der Waals surface area contributed by atoms with Crippen LogP contribution in [0.15, 0.2) is 48.5 Å². The first-order valence-corrected chi connectivity index (χ1v) is 13.5. The number of nitrogens with one attached hydrogen (secondary N) is 1. The van der Waals surface area contributed by atoms with E-state index in [1.54, 1.807) is 6.92 Å². The maximum Gasteiger partial charge on any atom is 0.244 e. The van der Waals surface area contributed by atoms with Crippen LogP contribution in [-0.4, -0.2) is 57.1 Å². The number of benzene rings is 2. The van der Waals surface area contributed by atoms with Gasteiger partial charge in [0.1, 0.15) is 12.6 Å². The number of carbonyl (C=O) groups is 2. The number of halogens is 2. The minimum Gasteiger partial charge on any atom is -0.354 e. The Morgan fingerprint density at radius 3 is 2.24 bits per heavy atom. The van der Waals surface area contributed by atoms with Crippen molar-refractivity contribution >= 4 is 50.7 Å². The van der Waals surface area contributed by atoms with Crippen molar-refractivity contribution < 1.29 is 18.0 Å². The van der Waals surface area contributed by atoms with Gasteiger partial charge in [0.05, 0.1) is 17.0 Å². The van der Waals surface area contributed by atoms with Crippen LogP contribution in [0, 0.1) is 5.92 Å². The van der Waals surface area contributed by atoms with E-state index < -0.39 is 28.5 Å². The lowest BCUT2D eigenvalue weighted by Gasteiger charge is -2.31. The van der Waals surface area contributed by atoms with Gasteiger partial charge in [-0.2, -0.15) is 0 Å². The first-order chi connectivity index (χ1) is 15.9. The van der Waals surface area contributed by atoms with E-state index in [0.717, 1.165) is 16.1 Å². The summed E-state index contributed by atoms with van der Waals surface area (Å²) in [5, 5.41) is 3.29. The molecule has 2 rings (SSSR count). The summed E-state index contributed by atoms with van der Waals surface area (Å²) < 4.78 is 26.1. The highest BCUT2D eigenvalue weighted by Crippen LogP contribution is 2.30.